The Balaban J connectivity index is 1.42. The summed E-state index contributed by atoms with van der Waals surface area (Å²) in [5, 5.41) is 5.11. The first kappa shape index (κ1) is 18.9. The fourth-order valence-electron chi connectivity index (χ4n) is 2.79. The van der Waals surface area contributed by atoms with Crippen LogP contribution in [0.15, 0.2) is 59.0 Å². The summed E-state index contributed by atoms with van der Waals surface area (Å²) in [6.07, 6.45) is 1.47. The minimum Gasteiger partial charge on any atom is -0.302 e. The summed E-state index contributed by atoms with van der Waals surface area (Å²) in [5.41, 5.74) is 1.23. The number of fused-ring (bicyclic) bond motifs is 1. The molecule has 0 unspecified atom stereocenters. The Kier molecular flexibility index (Phi) is 5.13. The Morgan fingerprint density at radius 3 is 2.79 bits per heavy atom. The molecule has 1 N–H and O–H groups in total. The molecule has 6 nitrogen and oxygen atoms in total. The number of carbonyl (C=O) groups is 1. The van der Waals surface area contributed by atoms with Gasteiger partial charge in [-0.15, -0.1) is 11.3 Å². The molecule has 2 heterocycles. The lowest BCUT2D eigenvalue weighted by Crippen LogP contribution is -2.23. The zero-order valence-corrected chi connectivity index (χ0v) is 15.7. The van der Waals surface area contributed by atoms with E-state index in [9.17, 15) is 18.4 Å². The molecule has 0 atom stereocenters. The summed E-state index contributed by atoms with van der Waals surface area (Å²) >= 11 is 1.17. The van der Waals surface area contributed by atoms with E-state index in [0.717, 1.165) is 12.1 Å². The van der Waals surface area contributed by atoms with Gasteiger partial charge in [0.25, 0.3) is 5.56 Å². The number of nitrogens with one attached hydrogen (secondary N) is 1. The van der Waals surface area contributed by atoms with Crippen molar-refractivity contribution in [1.82, 2.24) is 14.5 Å². The monoisotopic (exact) mass is 412 g/mol. The molecule has 9 heteroatoms. The van der Waals surface area contributed by atoms with Gasteiger partial charge >= 0.3 is 0 Å². The zero-order chi connectivity index (χ0) is 20.4. The van der Waals surface area contributed by atoms with Crippen molar-refractivity contribution >= 4 is 33.3 Å². The number of thiazole rings is 1. The number of nitrogens with zero attached hydrogens (tertiary/aromatic N) is 3. The molecule has 2 aromatic carbocycles. The van der Waals surface area contributed by atoms with Gasteiger partial charge in [0.2, 0.25) is 5.91 Å². The maximum absolute atomic E-state index is 13.4. The van der Waals surface area contributed by atoms with Gasteiger partial charge in [-0.2, -0.15) is 0 Å². The first-order valence-electron chi connectivity index (χ1n) is 8.66. The summed E-state index contributed by atoms with van der Waals surface area (Å²) in [6.45, 7) is 0.171. The molecule has 4 rings (SSSR count). The van der Waals surface area contributed by atoms with Crippen molar-refractivity contribution in [2.45, 2.75) is 13.0 Å². The smallest absolute Gasteiger partial charge is 0.261 e. The predicted octanol–water partition coefficient (Wildman–Crippen LogP) is 3.83. The average molecular weight is 412 g/mol. The number of amides is 1. The lowest BCUT2D eigenvalue weighted by molar-refractivity contribution is -0.116. The standard InChI is InChI=1S/C20H14F2N4O2S/c21-14-6-5-12(9-15(14)22)17-10-29-20(24-17)25-18(27)7-8-26-11-23-16-4-2-1-3-13(16)19(26)28/h1-6,9-11H,7-8H2,(H,24,25,27). The van der Waals surface area contributed by atoms with Gasteiger partial charge in [0.15, 0.2) is 16.8 Å². The van der Waals surface area contributed by atoms with Crippen LogP contribution in [0, 0.1) is 11.6 Å². The molecule has 0 spiro atoms. The number of aryl methyl sites for hydroxylation is 1. The van der Waals surface area contributed by atoms with E-state index in [1.807, 2.05) is 0 Å². The number of benzene rings is 2. The van der Waals surface area contributed by atoms with Crippen LogP contribution < -0.4 is 10.9 Å². The van der Waals surface area contributed by atoms with Crippen molar-refractivity contribution in [1.29, 1.82) is 0 Å². The number of carbonyl (C=O) groups excluding carboxylic acids is 1. The van der Waals surface area contributed by atoms with Gasteiger partial charge in [0, 0.05) is 23.9 Å². The number of halogens is 2. The summed E-state index contributed by atoms with van der Waals surface area (Å²) < 4.78 is 27.8. The highest BCUT2D eigenvalue weighted by atomic mass is 32.1. The molecule has 29 heavy (non-hydrogen) atoms. The number of aromatic nitrogens is 3. The van der Waals surface area contributed by atoms with Gasteiger partial charge in [0.1, 0.15) is 0 Å². The third kappa shape index (κ3) is 4.04. The second kappa shape index (κ2) is 7.88. The molecule has 2 aromatic heterocycles. The molecular weight excluding hydrogens is 398 g/mol. The zero-order valence-electron chi connectivity index (χ0n) is 14.9. The first-order chi connectivity index (χ1) is 14.0. The van der Waals surface area contributed by atoms with Crippen LogP contribution in [0.3, 0.4) is 0 Å². The van der Waals surface area contributed by atoms with Crippen molar-refractivity contribution in [3.05, 3.63) is 76.2 Å². The van der Waals surface area contributed by atoms with E-state index >= 15 is 0 Å². The molecule has 0 saturated heterocycles. The normalized spacial score (nSPS) is 11.0. The van der Waals surface area contributed by atoms with Crippen LogP contribution in [0.4, 0.5) is 13.9 Å². The van der Waals surface area contributed by atoms with Crippen LogP contribution in [0.2, 0.25) is 0 Å². The molecule has 0 aliphatic heterocycles. The maximum Gasteiger partial charge on any atom is 0.261 e. The Morgan fingerprint density at radius 1 is 1.14 bits per heavy atom. The van der Waals surface area contributed by atoms with Crippen molar-refractivity contribution in [2.75, 3.05) is 5.32 Å². The van der Waals surface area contributed by atoms with E-state index in [1.54, 1.807) is 29.6 Å². The van der Waals surface area contributed by atoms with Gasteiger partial charge in [-0.25, -0.2) is 18.7 Å². The van der Waals surface area contributed by atoms with Gasteiger partial charge < -0.3 is 5.32 Å². The fraction of sp³-hybridized carbons (Fsp3) is 0.100. The van der Waals surface area contributed by atoms with Crippen LogP contribution in [-0.4, -0.2) is 20.4 Å². The highest BCUT2D eigenvalue weighted by molar-refractivity contribution is 7.14. The molecule has 146 valence electrons. The Bertz CT molecular complexity index is 1270. The number of hydrogen-bond acceptors (Lipinski definition) is 5. The highest BCUT2D eigenvalue weighted by Gasteiger charge is 2.11. The second-order valence-electron chi connectivity index (χ2n) is 6.23. The summed E-state index contributed by atoms with van der Waals surface area (Å²) in [6, 6.07) is 10.5. The molecule has 4 aromatic rings. The third-order valence-corrected chi connectivity index (χ3v) is 5.03. The summed E-state index contributed by atoms with van der Waals surface area (Å²) in [4.78, 5) is 33.1. The van der Waals surface area contributed by atoms with Gasteiger partial charge in [-0.3, -0.25) is 14.2 Å². The second-order valence-corrected chi connectivity index (χ2v) is 7.08. The predicted molar refractivity (Wildman–Crippen MR) is 107 cm³/mol. The van der Waals surface area contributed by atoms with Crippen molar-refractivity contribution in [3.63, 3.8) is 0 Å². The quantitative estimate of drug-likeness (QED) is 0.541. The number of anilines is 1. The fourth-order valence-corrected chi connectivity index (χ4v) is 3.52. The van der Waals surface area contributed by atoms with Crippen molar-refractivity contribution < 1.29 is 13.6 Å². The lowest BCUT2D eigenvalue weighted by Gasteiger charge is -2.06. The van der Waals surface area contributed by atoms with E-state index < -0.39 is 11.6 Å². The van der Waals surface area contributed by atoms with Crippen LogP contribution in [0.1, 0.15) is 6.42 Å². The van der Waals surface area contributed by atoms with E-state index in [-0.39, 0.29) is 24.4 Å². The molecule has 0 radical (unpaired) electrons. The van der Waals surface area contributed by atoms with E-state index in [2.05, 4.69) is 15.3 Å². The molecule has 1 amide bonds. The number of para-hydroxylation sites is 1. The summed E-state index contributed by atoms with van der Waals surface area (Å²) in [5.74, 6) is -2.22. The minimum absolute atomic E-state index is 0.0556. The summed E-state index contributed by atoms with van der Waals surface area (Å²) in [7, 11) is 0. The lowest BCUT2D eigenvalue weighted by atomic mass is 10.2. The average Bonchev–Trinajstić information content (AvgIpc) is 3.18. The van der Waals surface area contributed by atoms with Crippen molar-refractivity contribution in [3.8, 4) is 11.3 Å². The Morgan fingerprint density at radius 2 is 1.97 bits per heavy atom. The van der Waals surface area contributed by atoms with Crippen LogP contribution >= 0.6 is 11.3 Å². The number of hydrogen-bond donors (Lipinski definition) is 1. The SMILES string of the molecule is O=C(CCn1cnc2ccccc2c1=O)Nc1nc(-c2ccc(F)c(F)c2)cs1. The van der Waals surface area contributed by atoms with Crippen molar-refractivity contribution in [2.24, 2.45) is 0 Å². The molecule has 0 saturated carbocycles. The van der Waals surface area contributed by atoms with Gasteiger partial charge in [-0.1, -0.05) is 12.1 Å². The Labute approximate surface area is 167 Å². The first-order valence-corrected chi connectivity index (χ1v) is 9.54. The molecular formula is C20H14F2N4O2S. The van der Waals surface area contributed by atoms with Crippen LogP contribution in [0.25, 0.3) is 22.2 Å². The number of rotatable bonds is 5. The van der Waals surface area contributed by atoms with E-state index in [1.165, 1.54) is 28.3 Å². The Hall–Kier alpha value is -3.46. The maximum atomic E-state index is 13.4. The van der Waals surface area contributed by atoms with E-state index in [4.69, 9.17) is 0 Å². The third-order valence-electron chi connectivity index (χ3n) is 4.28. The molecule has 0 aliphatic carbocycles. The highest BCUT2D eigenvalue weighted by Crippen LogP contribution is 2.26. The molecule has 0 aliphatic rings. The van der Waals surface area contributed by atoms with Gasteiger partial charge in [0.05, 0.1) is 22.9 Å². The minimum atomic E-state index is -0.962. The molecule has 0 bridgehead atoms. The van der Waals surface area contributed by atoms with Gasteiger partial charge in [-0.05, 0) is 30.3 Å². The van der Waals surface area contributed by atoms with Crippen LogP contribution in [-0.2, 0) is 11.3 Å². The van der Waals surface area contributed by atoms with Crippen LogP contribution in [0.5, 0.6) is 0 Å². The largest absolute Gasteiger partial charge is 0.302 e. The topological polar surface area (TPSA) is 76.9 Å². The molecule has 0 fully saturated rings. The van der Waals surface area contributed by atoms with E-state index in [0.29, 0.717) is 27.3 Å².